The molecule has 1 amide bonds. The zero-order valence-corrected chi connectivity index (χ0v) is 16.9. The maximum atomic E-state index is 12.4. The van der Waals surface area contributed by atoms with Crippen molar-refractivity contribution in [3.8, 4) is 11.5 Å². The van der Waals surface area contributed by atoms with E-state index in [1.54, 1.807) is 12.1 Å². The summed E-state index contributed by atoms with van der Waals surface area (Å²) in [6.07, 6.45) is -0.603. The lowest BCUT2D eigenvalue weighted by molar-refractivity contribution is 0.0716. The van der Waals surface area contributed by atoms with Crippen LogP contribution in [0.2, 0.25) is 0 Å². The number of sulfonamides is 1. The smallest absolute Gasteiger partial charge is 0.322 e. The van der Waals surface area contributed by atoms with Crippen LogP contribution in [0.4, 0.5) is 6.01 Å². The molecule has 1 aliphatic rings. The fraction of sp³-hybridized carbons (Fsp3) is 0.211. The number of hydrogen-bond acceptors (Lipinski definition) is 8. The highest BCUT2D eigenvalue weighted by atomic mass is 32.2. The van der Waals surface area contributed by atoms with Gasteiger partial charge in [0.25, 0.3) is 11.8 Å². The maximum absolute atomic E-state index is 12.4. The van der Waals surface area contributed by atoms with Gasteiger partial charge in [0.05, 0.1) is 4.90 Å². The number of amides is 1. The van der Waals surface area contributed by atoms with Crippen LogP contribution in [0.3, 0.4) is 0 Å². The number of aromatic nitrogens is 2. The lowest BCUT2D eigenvalue weighted by Gasteiger charge is -2.23. The molecule has 0 fully saturated rings. The molecule has 0 aliphatic carbocycles. The molecule has 3 aromatic rings. The monoisotopic (exact) mass is 430 g/mol. The highest BCUT2D eigenvalue weighted by Gasteiger charge is 2.27. The predicted octanol–water partition coefficient (Wildman–Crippen LogP) is 2.08. The van der Waals surface area contributed by atoms with Crippen molar-refractivity contribution in [2.24, 2.45) is 0 Å². The summed E-state index contributed by atoms with van der Waals surface area (Å²) in [6, 6.07) is 12.6. The van der Waals surface area contributed by atoms with E-state index in [-0.39, 0.29) is 29.0 Å². The minimum atomic E-state index is -3.57. The van der Waals surface area contributed by atoms with E-state index in [1.165, 1.54) is 38.4 Å². The third-order valence-corrected chi connectivity index (χ3v) is 6.17. The highest BCUT2D eigenvalue weighted by molar-refractivity contribution is 7.89. The van der Waals surface area contributed by atoms with Crippen LogP contribution in [-0.4, -0.2) is 49.5 Å². The van der Waals surface area contributed by atoms with Gasteiger partial charge < -0.3 is 13.9 Å². The molecule has 0 radical (unpaired) electrons. The number of benzene rings is 2. The van der Waals surface area contributed by atoms with Crippen LogP contribution in [0.25, 0.3) is 0 Å². The third kappa shape index (κ3) is 3.84. The fourth-order valence-electron chi connectivity index (χ4n) is 2.71. The molecule has 0 bridgehead atoms. The standard InChI is InChI=1S/C19H18N4O6S/c1-23(2)30(25,26)13-9-7-12(8-10-13)17(24)20-19-22-21-18(29-19)16-11-27-14-5-3-4-6-15(14)28-16/h3-10,16H,11H2,1-2H3,(H,20,22,24). The number of ether oxygens (including phenoxy) is 2. The van der Waals surface area contributed by atoms with Crippen molar-refractivity contribution in [3.05, 3.63) is 60.0 Å². The van der Waals surface area contributed by atoms with Crippen LogP contribution < -0.4 is 14.8 Å². The second kappa shape index (κ2) is 7.76. The summed E-state index contributed by atoms with van der Waals surface area (Å²) in [4.78, 5) is 12.5. The average molecular weight is 430 g/mol. The lowest BCUT2D eigenvalue weighted by atomic mass is 10.2. The number of anilines is 1. The summed E-state index contributed by atoms with van der Waals surface area (Å²) < 4.78 is 42.2. The summed E-state index contributed by atoms with van der Waals surface area (Å²) in [6.45, 7) is 0.189. The molecular formula is C19H18N4O6S. The van der Waals surface area contributed by atoms with Gasteiger partial charge in [0.2, 0.25) is 16.1 Å². The van der Waals surface area contributed by atoms with E-state index in [9.17, 15) is 13.2 Å². The van der Waals surface area contributed by atoms with Crippen LogP contribution in [0.1, 0.15) is 22.4 Å². The summed E-state index contributed by atoms with van der Waals surface area (Å²) in [7, 11) is -0.707. The summed E-state index contributed by atoms with van der Waals surface area (Å²) in [5.41, 5.74) is 0.235. The van der Waals surface area contributed by atoms with Crippen molar-refractivity contribution in [1.29, 1.82) is 0 Å². The first-order valence-corrected chi connectivity index (χ1v) is 10.3. The molecule has 1 N–H and O–H groups in total. The zero-order valence-electron chi connectivity index (χ0n) is 16.1. The Balaban J connectivity index is 1.43. The number of carbonyl (C=O) groups excluding carboxylic acids is 1. The number of hydrogen-bond donors (Lipinski definition) is 1. The molecule has 10 nitrogen and oxygen atoms in total. The molecule has 4 rings (SSSR count). The van der Waals surface area contributed by atoms with Gasteiger partial charge >= 0.3 is 6.01 Å². The van der Waals surface area contributed by atoms with E-state index in [0.29, 0.717) is 11.5 Å². The molecular weight excluding hydrogens is 412 g/mol. The Hall–Kier alpha value is -3.44. The van der Waals surface area contributed by atoms with E-state index in [2.05, 4.69) is 15.5 Å². The Bertz CT molecular complexity index is 1170. The SMILES string of the molecule is CN(C)S(=O)(=O)c1ccc(C(=O)Nc2nnc(C3COc4ccccc4O3)o2)cc1. The second-order valence-electron chi connectivity index (χ2n) is 6.58. The third-order valence-electron chi connectivity index (χ3n) is 4.34. The van der Waals surface area contributed by atoms with Gasteiger partial charge in [0, 0.05) is 19.7 Å². The number of nitrogens with zero attached hydrogens (tertiary/aromatic N) is 3. The van der Waals surface area contributed by atoms with Gasteiger partial charge in [-0.05, 0) is 36.4 Å². The first-order chi connectivity index (χ1) is 14.3. The van der Waals surface area contributed by atoms with Gasteiger partial charge in [0.1, 0.15) is 6.61 Å². The van der Waals surface area contributed by atoms with Crippen LogP contribution in [0.15, 0.2) is 57.8 Å². The van der Waals surface area contributed by atoms with Gasteiger partial charge in [-0.3, -0.25) is 10.1 Å². The van der Waals surface area contributed by atoms with Crippen molar-refractivity contribution >= 4 is 21.9 Å². The van der Waals surface area contributed by atoms with Crippen LogP contribution in [0.5, 0.6) is 11.5 Å². The molecule has 1 unspecified atom stereocenters. The molecule has 2 heterocycles. The molecule has 0 saturated heterocycles. The van der Waals surface area contributed by atoms with E-state index in [0.717, 1.165) is 4.31 Å². The Morgan fingerprint density at radius 1 is 1.07 bits per heavy atom. The van der Waals surface area contributed by atoms with Gasteiger partial charge in [0.15, 0.2) is 11.5 Å². The molecule has 0 saturated carbocycles. The second-order valence-corrected chi connectivity index (χ2v) is 8.73. The molecule has 1 aromatic heterocycles. The average Bonchev–Trinajstić information content (AvgIpc) is 3.21. The minimum Gasteiger partial charge on any atom is -0.485 e. The van der Waals surface area contributed by atoms with E-state index in [4.69, 9.17) is 13.9 Å². The van der Waals surface area contributed by atoms with Gasteiger partial charge in [-0.25, -0.2) is 12.7 Å². The summed E-state index contributed by atoms with van der Waals surface area (Å²) >= 11 is 0. The Morgan fingerprint density at radius 3 is 2.47 bits per heavy atom. The van der Waals surface area contributed by atoms with Gasteiger partial charge in [-0.2, -0.15) is 0 Å². The molecule has 30 heavy (non-hydrogen) atoms. The topological polar surface area (TPSA) is 124 Å². The Kier molecular flexibility index (Phi) is 5.14. The Morgan fingerprint density at radius 2 is 1.77 bits per heavy atom. The Labute approximate surface area is 172 Å². The highest BCUT2D eigenvalue weighted by Crippen LogP contribution is 2.35. The first-order valence-electron chi connectivity index (χ1n) is 8.90. The number of para-hydroxylation sites is 2. The van der Waals surface area contributed by atoms with Crippen molar-refractivity contribution in [2.75, 3.05) is 26.0 Å². The largest absolute Gasteiger partial charge is 0.485 e. The van der Waals surface area contributed by atoms with Gasteiger partial charge in [-0.15, -0.1) is 5.10 Å². The molecule has 1 atom stereocenters. The molecule has 11 heteroatoms. The molecule has 2 aromatic carbocycles. The molecule has 0 spiro atoms. The number of fused-ring (bicyclic) bond motifs is 1. The van der Waals surface area contributed by atoms with Crippen molar-refractivity contribution in [1.82, 2.24) is 14.5 Å². The van der Waals surface area contributed by atoms with Crippen molar-refractivity contribution in [3.63, 3.8) is 0 Å². The van der Waals surface area contributed by atoms with E-state index >= 15 is 0 Å². The predicted molar refractivity (Wildman–Crippen MR) is 105 cm³/mol. The molecule has 156 valence electrons. The lowest BCUT2D eigenvalue weighted by Crippen LogP contribution is -2.22. The quantitative estimate of drug-likeness (QED) is 0.653. The fourth-order valence-corrected chi connectivity index (χ4v) is 3.62. The first kappa shape index (κ1) is 19.9. The maximum Gasteiger partial charge on any atom is 0.322 e. The number of rotatable bonds is 5. The zero-order chi connectivity index (χ0) is 21.3. The van der Waals surface area contributed by atoms with E-state index < -0.39 is 22.0 Å². The van der Waals surface area contributed by atoms with Gasteiger partial charge in [-0.1, -0.05) is 17.2 Å². The summed E-state index contributed by atoms with van der Waals surface area (Å²) in [5, 5.41) is 10.2. The minimum absolute atomic E-state index is 0.0823. The number of nitrogens with one attached hydrogen (secondary N) is 1. The van der Waals surface area contributed by atoms with Crippen LogP contribution in [-0.2, 0) is 10.0 Å². The van der Waals surface area contributed by atoms with Crippen molar-refractivity contribution < 1.29 is 27.1 Å². The summed E-state index contributed by atoms with van der Waals surface area (Å²) in [5.74, 6) is 0.823. The van der Waals surface area contributed by atoms with E-state index in [1.807, 2.05) is 12.1 Å². The normalized spacial score (nSPS) is 15.8. The number of carbonyl (C=O) groups is 1. The van der Waals surface area contributed by atoms with Crippen LogP contribution >= 0.6 is 0 Å². The van der Waals surface area contributed by atoms with Crippen LogP contribution in [0, 0.1) is 0 Å². The van der Waals surface area contributed by atoms with Crippen molar-refractivity contribution in [2.45, 2.75) is 11.0 Å². The molecule has 1 aliphatic heterocycles.